The summed E-state index contributed by atoms with van der Waals surface area (Å²) in [7, 11) is 0. The molecule has 0 saturated carbocycles. The van der Waals surface area contributed by atoms with Gasteiger partial charge in [-0.3, -0.25) is 14.9 Å². The van der Waals surface area contributed by atoms with E-state index in [1.165, 1.54) is 12.1 Å². The normalized spacial score (nSPS) is 16.2. The number of nitro benzene ring substituents is 1. The second-order valence-electron chi connectivity index (χ2n) is 5.16. The van der Waals surface area contributed by atoms with Gasteiger partial charge >= 0.3 is 0 Å². The second kappa shape index (κ2) is 5.57. The molecule has 114 valence electrons. The van der Waals surface area contributed by atoms with E-state index in [1.807, 2.05) is 6.92 Å². The van der Waals surface area contributed by atoms with Crippen LogP contribution in [0.15, 0.2) is 12.1 Å². The molecule has 0 bridgehead atoms. The Morgan fingerprint density at radius 1 is 1.57 bits per heavy atom. The number of aliphatic hydroxyl groups is 1. The zero-order valence-electron chi connectivity index (χ0n) is 11.8. The van der Waals surface area contributed by atoms with Crippen LogP contribution in [0.4, 0.5) is 17.1 Å². The van der Waals surface area contributed by atoms with Crippen molar-refractivity contribution in [2.45, 2.75) is 25.9 Å². The van der Waals surface area contributed by atoms with Gasteiger partial charge in [-0.15, -0.1) is 0 Å². The Kier molecular flexibility index (Phi) is 3.99. The molecule has 0 spiro atoms. The van der Waals surface area contributed by atoms with E-state index in [-0.39, 0.29) is 36.2 Å². The summed E-state index contributed by atoms with van der Waals surface area (Å²) in [5, 5.41) is 26.5. The van der Waals surface area contributed by atoms with E-state index in [0.717, 1.165) is 0 Å². The quantitative estimate of drug-likeness (QED) is 0.560. The van der Waals surface area contributed by atoms with Crippen LogP contribution in [-0.2, 0) is 4.79 Å². The van der Waals surface area contributed by atoms with Crippen LogP contribution in [0.1, 0.15) is 20.3 Å². The number of anilines is 2. The van der Waals surface area contributed by atoms with Crippen molar-refractivity contribution in [3.05, 3.63) is 22.2 Å². The standard InChI is InChI=1S/C13H17N3O5/c1-3-13(2,18)7-14-8-4-9-11(5-10(8)16(19)20)21-6-12(17)15-9/h4-5,14,18H,3,6-7H2,1-2H3,(H,15,17). The van der Waals surface area contributed by atoms with Crippen molar-refractivity contribution in [3.8, 4) is 5.75 Å². The summed E-state index contributed by atoms with van der Waals surface area (Å²) in [5.41, 5.74) is -0.561. The zero-order valence-corrected chi connectivity index (χ0v) is 11.8. The highest BCUT2D eigenvalue weighted by Gasteiger charge is 2.25. The van der Waals surface area contributed by atoms with Gasteiger partial charge in [0.2, 0.25) is 0 Å². The first-order valence-electron chi connectivity index (χ1n) is 6.54. The number of carbonyl (C=O) groups excluding carboxylic acids is 1. The lowest BCUT2D eigenvalue weighted by atomic mass is 10.0. The van der Waals surface area contributed by atoms with Gasteiger partial charge in [0, 0.05) is 6.54 Å². The van der Waals surface area contributed by atoms with Crippen molar-refractivity contribution in [2.24, 2.45) is 0 Å². The SMILES string of the molecule is CCC(C)(O)CNc1cc2c(cc1[N+](=O)[O-])OCC(=O)N2. The Morgan fingerprint density at radius 3 is 2.90 bits per heavy atom. The second-order valence-corrected chi connectivity index (χ2v) is 5.16. The minimum Gasteiger partial charge on any atom is -0.481 e. The number of nitrogens with zero attached hydrogens (tertiary/aromatic N) is 1. The van der Waals surface area contributed by atoms with Gasteiger partial charge in [0.1, 0.15) is 5.69 Å². The van der Waals surface area contributed by atoms with Crippen LogP contribution in [-0.4, -0.2) is 34.7 Å². The lowest BCUT2D eigenvalue weighted by Crippen LogP contribution is -2.32. The van der Waals surface area contributed by atoms with Crippen LogP contribution >= 0.6 is 0 Å². The molecule has 0 radical (unpaired) electrons. The number of ether oxygens (including phenoxy) is 1. The maximum Gasteiger partial charge on any atom is 0.296 e. The summed E-state index contributed by atoms with van der Waals surface area (Å²) in [6.07, 6.45) is 0.499. The van der Waals surface area contributed by atoms with Crippen LogP contribution in [0.5, 0.6) is 5.75 Å². The van der Waals surface area contributed by atoms with Gasteiger partial charge in [0.05, 0.1) is 22.3 Å². The molecule has 21 heavy (non-hydrogen) atoms. The number of rotatable bonds is 5. The molecule has 8 nitrogen and oxygen atoms in total. The Morgan fingerprint density at radius 2 is 2.29 bits per heavy atom. The molecular formula is C13H17N3O5. The first-order chi connectivity index (χ1) is 9.82. The molecule has 0 fully saturated rings. The van der Waals surface area contributed by atoms with Crippen molar-refractivity contribution in [3.63, 3.8) is 0 Å². The number of benzene rings is 1. The molecule has 1 aliphatic heterocycles. The Balaban J connectivity index is 2.32. The Labute approximate surface area is 121 Å². The molecule has 1 aliphatic rings. The summed E-state index contributed by atoms with van der Waals surface area (Å²) in [6.45, 7) is 3.44. The van der Waals surface area contributed by atoms with Crippen LogP contribution in [0.2, 0.25) is 0 Å². The van der Waals surface area contributed by atoms with Crippen molar-refractivity contribution in [1.29, 1.82) is 0 Å². The highest BCUT2D eigenvalue weighted by atomic mass is 16.6. The molecule has 1 unspecified atom stereocenters. The maximum absolute atomic E-state index is 11.3. The molecule has 1 atom stereocenters. The number of hydrogen-bond donors (Lipinski definition) is 3. The third kappa shape index (κ3) is 3.40. The largest absolute Gasteiger partial charge is 0.481 e. The molecule has 0 saturated heterocycles. The van der Waals surface area contributed by atoms with Gasteiger partial charge in [-0.25, -0.2) is 0 Å². The first-order valence-corrected chi connectivity index (χ1v) is 6.54. The van der Waals surface area contributed by atoms with E-state index in [1.54, 1.807) is 6.92 Å². The number of nitrogens with one attached hydrogen (secondary N) is 2. The zero-order chi connectivity index (χ0) is 15.6. The number of amides is 1. The maximum atomic E-state index is 11.3. The topological polar surface area (TPSA) is 114 Å². The molecule has 0 aromatic heterocycles. The summed E-state index contributed by atoms with van der Waals surface area (Å²) >= 11 is 0. The Hall–Kier alpha value is -2.35. The molecule has 1 heterocycles. The van der Waals surface area contributed by atoms with E-state index in [4.69, 9.17) is 4.74 Å². The van der Waals surface area contributed by atoms with Crippen LogP contribution in [0.25, 0.3) is 0 Å². The predicted molar refractivity (Wildman–Crippen MR) is 76.6 cm³/mol. The summed E-state index contributed by atoms with van der Waals surface area (Å²) in [6, 6.07) is 2.70. The average molecular weight is 295 g/mol. The molecular weight excluding hydrogens is 278 g/mol. The number of carbonyl (C=O) groups is 1. The van der Waals surface area contributed by atoms with Crippen LogP contribution in [0, 0.1) is 10.1 Å². The number of nitro groups is 1. The van der Waals surface area contributed by atoms with Crippen LogP contribution < -0.4 is 15.4 Å². The van der Waals surface area contributed by atoms with Gasteiger partial charge < -0.3 is 20.5 Å². The first kappa shape index (κ1) is 15.0. The van der Waals surface area contributed by atoms with Gasteiger partial charge in [-0.05, 0) is 19.4 Å². The minimum absolute atomic E-state index is 0.151. The fraction of sp³-hybridized carbons (Fsp3) is 0.462. The van der Waals surface area contributed by atoms with Gasteiger partial charge in [0.15, 0.2) is 12.4 Å². The van der Waals surface area contributed by atoms with E-state index >= 15 is 0 Å². The predicted octanol–water partition coefficient (Wildman–Crippen LogP) is 1.50. The summed E-state index contributed by atoms with van der Waals surface area (Å²) < 4.78 is 5.15. The van der Waals surface area contributed by atoms with Crippen molar-refractivity contribution >= 4 is 23.0 Å². The van der Waals surface area contributed by atoms with Gasteiger partial charge in [0.25, 0.3) is 11.6 Å². The summed E-state index contributed by atoms with van der Waals surface area (Å²) in [5.74, 6) is -0.0584. The van der Waals surface area contributed by atoms with E-state index in [2.05, 4.69) is 10.6 Å². The van der Waals surface area contributed by atoms with Crippen molar-refractivity contribution in [2.75, 3.05) is 23.8 Å². The third-order valence-electron chi connectivity index (χ3n) is 3.35. The van der Waals surface area contributed by atoms with E-state index < -0.39 is 10.5 Å². The average Bonchev–Trinajstić information content (AvgIpc) is 2.44. The molecule has 1 aromatic rings. The fourth-order valence-corrected chi connectivity index (χ4v) is 1.82. The minimum atomic E-state index is -0.983. The Bertz CT molecular complexity index is 585. The van der Waals surface area contributed by atoms with E-state index in [9.17, 15) is 20.0 Å². The number of hydrogen-bond acceptors (Lipinski definition) is 6. The lowest BCUT2D eigenvalue weighted by molar-refractivity contribution is -0.384. The molecule has 0 aliphatic carbocycles. The van der Waals surface area contributed by atoms with Crippen molar-refractivity contribution < 1.29 is 19.6 Å². The van der Waals surface area contributed by atoms with Crippen LogP contribution in [0.3, 0.4) is 0 Å². The number of fused-ring (bicyclic) bond motifs is 1. The van der Waals surface area contributed by atoms with E-state index in [0.29, 0.717) is 12.1 Å². The monoisotopic (exact) mass is 295 g/mol. The van der Waals surface area contributed by atoms with Gasteiger partial charge in [-0.2, -0.15) is 0 Å². The van der Waals surface area contributed by atoms with Crippen molar-refractivity contribution in [1.82, 2.24) is 0 Å². The van der Waals surface area contributed by atoms with Gasteiger partial charge in [-0.1, -0.05) is 6.92 Å². The third-order valence-corrected chi connectivity index (χ3v) is 3.35. The molecule has 1 amide bonds. The molecule has 3 N–H and O–H groups in total. The molecule has 8 heteroatoms. The fourth-order valence-electron chi connectivity index (χ4n) is 1.82. The lowest BCUT2D eigenvalue weighted by Gasteiger charge is -2.23. The smallest absolute Gasteiger partial charge is 0.296 e. The highest BCUT2D eigenvalue weighted by molar-refractivity contribution is 5.96. The molecule has 1 aromatic carbocycles. The summed E-state index contributed by atoms with van der Waals surface area (Å²) in [4.78, 5) is 21.9. The molecule has 2 rings (SSSR count). The highest BCUT2D eigenvalue weighted by Crippen LogP contribution is 2.37.